The molecule has 72 valence electrons. The summed E-state index contributed by atoms with van der Waals surface area (Å²) < 4.78 is 0. The fourth-order valence-corrected chi connectivity index (χ4v) is 1.32. The molecular formula is C10H10N2O2. The average Bonchev–Trinajstić information content (AvgIpc) is 2.16. The lowest BCUT2D eigenvalue weighted by molar-refractivity contribution is 0.0695. The number of hydrogen-bond donors (Lipinski definition) is 2. The number of rotatable bonds is 2. The van der Waals surface area contributed by atoms with Crippen LogP contribution in [-0.4, -0.2) is 11.1 Å². The Bertz CT molecular complexity index is 419. The van der Waals surface area contributed by atoms with Crippen LogP contribution in [-0.2, 0) is 6.54 Å². The Hall–Kier alpha value is -1.86. The van der Waals surface area contributed by atoms with Gasteiger partial charge >= 0.3 is 5.97 Å². The summed E-state index contributed by atoms with van der Waals surface area (Å²) in [5.74, 6) is -1.09. The molecule has 1 aromatic rings. The normalized spacial score (nSPS) is 9.50. The largest absolute Gasteiger partial charge is 0.478 e. The average molecular weight is 190 g/mol. The van der Waals surface area contributed by atoms with Gasteiger partial charge in [0.15, 0.2) is 0 Å². The second-order valence-electron chi connectivity index (χ2n) is 2.91. The standard InChI is InChI=1S/C10H10N2O2/c1-6-2-3-7(4-11)8(5-12)9(6)10(13)14/h2-3H,4,11H2,1H3,(H,13,14). The molecule has 0 spiro atoms. The highest BCUT2D eigenvalue weighted by atomic mass is 16.4. The summed E-state index contributed by atoms with van der Waals surface area (Å²) in [6.07, 6.45) is 0. The Morgan fingerprint density at radius 1 is 1.64 bits per heavy atom. The number of nitrogens with two attached hydrogens (primary N) is 1. The molecule has 0 atom stereocenters. The second kappa shape index (κ2) is 3.90. The summed E-state index contributed by atoms with van der Waals surface area (Å²) in [5, 5.41) is 17.7. The Kier molecular flexibility index (Phi) is 2.85. The van der Waals surface area contributed by atoms with E-state index in [2.05, 4.69) is 0 Å². The molecule has 1 rings (SSSR count). The number of aromatic carboxylic acids is 1. The molecule has 0 heterocycles. The first-order valence-corrected chi connectivity index (χ1v) is 4.07. The second-order valence-corrected chi connectivity index (χ2v) is 2.91. The van der Waals surface area contributed by atoms with E-state index in [1.54, 1.807) is 19.1 Å². The molecule has 0 aliphatic carbocycles. The van der Waals surface area contributed by atoms with Gasteiger partial charge in [-0.05, 0) is 18.1 Å². The summed E-state index contributed by atoms with van der Waals surface area (Å²) >= 11 is 0. The first kappa shape index (κ1) is 10.2. The van der Waals surface area contributed by atoms with Crippen LogP contribution >= 0.6 is 0 Å². The van der Waals surface area contributed by atoms with Crippen LogP contribution in [0.1, 0.15) is 27.0 Å². The molecular weight excluding hydrogens is 180 g/mol. The maximum Gasteiger partial charge on any atom is 0.337 e. The van der Waals surface area contributed by atoms with Gasteiger partial charge in [-0.3, -0.25) is 0 Å². The summed E-state index contributed by atoms with van der Waals surface area (Å²) in [6.45, 7) is 1.83. The van der Waals surface area contributed by atoms with Gasteiger partial charge in [0.2, 0.25) is 0 Å². The number of benzene rings is 1. The van der Waals surface area contributed by atoms with Crippen LogP contribution in [0.5, 0.6) is 0 Å². The van der Waals surface area contributed by atoms with Crippen molar-refractivity contribution in [2.45, 2.75) is 13.5 Å². The molecule has 0 aliphatic rings. The molecule has 0 fully saturated rings. The van der Waals surface area contributed by atoms with Crippen molar-refractivity contribution in [1.82, 2.24) is 0 Å². The number of nitrogens with zero attached hydrogens (tertiary/aromatic N) is 1. The van der Waals surface area contributed by atoms with E-state index in [1.165, 1.54) is 0 Å². The van der Waals surface area contributed by atoms with Crippen molar-refractivity contribution in [3.63, 3.8) is 0 Å². The Labute approximate surface area is 81.6 Å². The molecule has 3 N–H and O–H groups in total. The number of hydrogen-bond acceptors (Lipinski definition) is 3. The highest BCUT2D eigenvalue weighted by Crippen LogP contribution is 2.17. The van der Waals surface area contributed by atoms with E-state index in [0.29, 0.717) is 11.1 Å². The van der Waals surface area contributed by atoms with Gasteiger partial charge in [0.05, 0.1) is 11.1 Å². The minimum atomic E-state index is -1.09. The smallest absolute Gasteiger partial charge is 0.337 e. The molecule has 0 unspecified atom stereocenters. The van der Waals surface area contributed by atoms with Crippen molar-refractivity contribution in [3.8, 4) is 6.07 Å². The lowest BCUT2D eigenvalue weighted by Gasteiger charge is -2.07. The SMILES string of the molecule is Cc1ccc(CN)c(C#N)c1C(=O)O. The zero-order valence-corrected chi connectivity index (χ0v) is 7.74. The predicted octanol–water partition coefficient (Wildman–Crippen LogP) is 1.02. The van der Waals surface area contributed by atoms with Gasteiger partial charge in [0.1, 0.15) is 6.07 Å². The predicted molar refractivity (Wildman–Crippen MR) is 50.7 cm³/mol. The van der Waals surface area contributed by atoms with Crippen molar-refractivity contribution >= 4 is 5.97 Å². The lowest BCUT2D eigenvalue weighted by atomic mass is 9.97. The summed E-state index contributed by atoms with van der Waals surface area (Å²) in [7, 11) is 0. The molecule has 4 heteroatoms. The van der Waals surface area contributed by atoms with Crippen LogP contribution < -0.4 is 5.73 Å². The van der Waals surface area contributed by atoms with E-state index >= 15 is 0 Å². The molecule has 14 heavy (non-hydrogen) atoms. The highest BCUT2D eigenvalue weighted by Gasteiger charge is 2.15. The van der Waals surface area contributed by atoms with E-state index in [9.17, 15) is 4.79 Å². The van der Waals surface area contributed by atoms with Crippen LogP contribution in [0, 0.1) is 18.3 Å². The third-order valence-corrected chi connectivity index (χ3v) is 2.05. The quantitative estimate of drug-likeness (QED) is 0.728. The van der Waals surface area contributed by atoms with Crippen molar-refractivity contribution in [1.29, 1.82) is 5.26 Å². The maximum absolute atomic E-state index is 10.9. The third kappa shape index (κ3) is 1.58. The van der Waals surface area contributed by atoms with Crippen LogP contribution in [0.2, 0.25) is 0 Å². The summed E-state index contributed by atoms with van der Waals surface area (Å²) in [6, 6.07) is 5.22. The Balaban J connectivity index is 3.53. The van der Waals surface area contributed by atoms with Crippen LogP contribution in [0.4, 0.5) is 0 Å². The van der Waals surface area contributed by atoms with Crippen molar-refractivity contribution in [2.24, 2.45) is 5.73 Å². The van der Waals surface area contributed by atoms with E-state index in [0.717, 1.165) is 0 Å². The number of carboxylic acids is 1. The monoisotopic (exact) mass is 190 g/mol. The van der Waals surface area contributed by atoms with Gasteiger partial charge < -0.3 is 10.8 Å². The molecule has 0 aliphatic heterocycles. The van der Waals surface area contributed by atoms with Gasteiger partial charge in [-0.2, -0.15) is 5.26 Å². The van der Waals surface area contributed by atoms with E-state index in [4.69, 9.17) is 16.1 Å². The fraction of sp³-hybridized carbons (Fsp3) is 0.200. The zero-order chi connectivity index (χ0) is 10.7. The number of nitriles is 1. The first-order valence-electron chi connectivity index (χ1n) is 4.07. The topological polar surface area (TPSA) is 87.1 Å². The van der Waals surface area contributed by atoms with Crippen molar-refractivity contribution in [3.05, 3.63) is 34.4 Å². The maximum atomic E-state index is 10.9. The van der Waals surface area contributed by atoms with Crippen molar-refractivity contribution in [2.75, 3.05) is 0 Å². The highest BCUT2D eigenvalue weighted by molar-refractivity contribution is 5.92. The minimum absolute atomic E-state index is 0.0513. The number of carbonyl (C=O) groups is 1. The molecule has 1 aromatic carbocycles. The van der Waals surface area contributed by atoms with Gasteiger partial charge in [0.25, 0.3) is 0 Å². The molecule has 0 radical (unpaired) electrons. The lowest BCUT2D eigenvalue weighted by Crippen LogP contribution is -2.08. The molecule has 4 nitrogen and oxygen atoms in total. The molecule has 0 bridgehead atoms. The van der Waals surface area contributed by atoms with Crippen molar-refractivity contribution < 1.29 is 9.90 Å². The summed E-state index contributed by atoms with van der Waals surface area (Å²) in [4.78, 5) is 10.9. The van der Waals surface area contributed by atoms with E-state index in [1.807, 2.05) is 6.07 Å². The first-order chi connectivity index (χ1) is 6.61. The zero-order valence-electron chi connectivity index (χ0n) is 7.74. The van der Waals surface area contributed by atoms with Crippen LogP contribution in [0.25, 0.3) is 0 Å². The number of aryl methyl sites for hydroxylation is 1. The third-order valence-electron chi connectivity index (χ3n) is 2.05. The summed E-state index contributed by atoms with van der Waals surface area (Å²) in [5.41, 5.74) is 6.76. The van der Waals surface area contributed by atoms with Crippen LogP contribution in [0.3, 0.4) is 0 Å². The molecule has 0 aromatic heterocycles. The van der Waals surface area contributed by atoms with Gasteiger partial charge in [-0.25, -0.2) is 4.79 Å². The van der Waals surface area contributed by atoms with Gasteiger partial charge in [-0.1, -0.05) is 12.1 Å². The molecule has 0 amide bonds. The van der Waals surface area contributed by atoms with E-state index < -0.39 is 5.97 Å². The van der Waals surface area contributed by atoms with Crippen LogP contribution in [0.15, 0.2) is 12.1 Å². The Morgan fingerprint density at radius 2 is 2.29 bits per heavy atom. The van der Waals surface area contributed by atoms with E-state index in [-0.39, 0.29) is 17.7 Å². The van der Waals surface area contributed by atoms with Gasteiger partial charge in [0, 0.05) is 6.54 Å². The number of carboxylic acid groups (broad SMARTS) is 1. The molecule has 0 saturated heterocycles. The molecule has 0 saturated carbocycles. The fourth-order valence-electron chi connectivity index (χ4n) is 1.32. The van der Waals surface area contributed by atoms with Gasteiger partial charge in [-0.15, -0.1) is 0 Å². The Morgan fingerprint density at radius 3 is 2.71 bits per heavy atom. The minimum Gasteiger partial charge on any atom is -0.478 e.